The van der Waals surface area contributed by atoms with Gasteiger partial charge in [0.1, 0.15) is 0 Å². The van der Waals surface area contributed by atoms with Gasteiger partial charge in [0.2, 0.25) is 0 Å². The molecular weight excluding hydrogens is 400 g/mol. The van der Waals surface area contributed by atoms with Crippen molar-refractivity contribution in [2.75, 3.05) is 5.73 Å². The van der Waals surface area contributed by atoms with Crippen LogP contribution >= 0.6 is 0 Å². The lowest BCUT2D eigenvalue weighted by molar-refractivity contribution is 1.18. The van der Waals surface area contributed by atoms with E-state index >= 15 is 0 Å². The monoisotopic (exact) mass is 424 g/mol. The fourth-order valence-corrected chi connectivity index (χ4v) is 4.41. The summed E-state index contributed by atoms with van der Waals surface area (Å²) in [5, 5.41) is 2.41. The Labute approximate surface area is 194 Å². The number of benzene rings is 4. The Hall–Kier alpha value is -4.48. The molecule has 2 N–H and O–H groups in total. The molecule has 0 radical (unpaired) electrons. The van der Waals surface area contributed by atoms with Crippen LogP contribution in [-0.2, 0) is 0 Å². The predicted octanol–water partition coefficient (Wildman–Crippen LogP) is 7.63. The molecule has 158 valence electrons. The number of nitrogens with two attached hydrogens (primary N) is 1. The van der Waals surface area contributed by atoms with Crippen molar-refractivity contribution in [1.29, 1.82) is 0 Å². The third kappa shape index (κ3) is 3.71. The number of aromatic nitrogens is 1. The van der Waals surface area contributed by atoms with E-state index in [-0.39, 0.29) is 0 Å². The first-order chi connectivity index (χ1) is 16.2. The van der Waals surface area contributed by atoms with E-state index in [0.717, 1.165) is 33.5 Å². The maximum Gasteiger partial charge on any atom is 0.0541 e. The van der Waals surface area contributed by atoms with Crippen LogP contribution in [0.15, 0.2) is 109 Å². The Kier molecular flexibility index (Phi) is 5.30. The molecule has 0 aliphatic carbocycles. The number of terminal acetylenes is 1. The fraction of sp³-hybridized carbons (Fsp3) is 0.0323. The van der Waals surface area contributed by atoms with E-state index in [2.05, 4.69) is 89.4 Å². The van der Waals surface area contributed by atoms with Crippen molar-refractivity contribution in [2.24, 2.45) is 0 Å². The molecule has 0 amide bonds. The van der Waals surface area contributed by atoms with E-state index in [1.807, 2.05) is 31.2 Å². The second kappa shape index (κ2) is 8.57. The molecule has 33 heavy (non-hydrogen) atoms. The average molecular weight is 425 g/mol. The summed E-state index contributed by atoms with van der Waals surface area (Å²) < 4.78 is 2.30. The standard InChI is InChI=1S/C31H24N2/c1-3-5-9-22(4-2)24-12-18-30-28(20-24)29-21-25(23-10-7-6-8-11-23)13-19-31(29)33(30)27-16-14-26(32)15-17-27/h1,4-21H,32H2,2H3/b9-5-,22-4+. The molecule has 0 unspecified atom stereocenters. The fourth-order valence-electron chi connectivity index (χ4n) is 4.41. The molecule has 2 heteroatoms. The summed E-state index contributed by atoms with van der Waals surface area (Å²) in [7, 11) is 0. The summed E-state index contributed by atoms with van der Waals surface area (Å²) in [5.74, 6) is 2.59. The van der Waals surface area contributed by atoms with Crippen LogP contribution < -0.4 is 5.73 Å². The minimum Gasteiger partial charge on any atom is -0.399 e. The highest BCUT2D eigenvalue weighted by atomic mass is 15.0. The van der Waals surface area contributed by atoms with Crippen LogP contribution in [0.25, 0.3) is 44.2 Å². The summed E-state index contributed by atoms with van der Waals surface area (Å²) in [6.45, 7) is 2.03. The smallest absolute Gasteiger partial charge is 0.0541 e. The lowest BCUT2D eigenvalue weighted by Gasteiger charge is -2.09. The number of nitrogen functional groups attached to an aromatic ring is 1. The number of fused-ring (bicyclic) bond motifs is 3. The highest BCUT2D eigenvalue weighted by Gasteiger charge is 2.14. The molecule has 1 heterocycles. The van der Waals surface area contributed by atoms with E-state index in [4.69, 9.17) is 12.2 Å². The zero-order chi connectivity index (χ0) is 22.8. The minimum atomic E-state index is 0.756. The van der Waals surface area contributed by atoms with Crippen molar-refractivity contribution in [3.8, 4) is 29.2 Å². The summed E-state index contributed by atoms with van der Waals surface area (Å²) in [5.41, 5.74) is 14.8. The molecule has 4 aromatic carbocycles. The molecule has 0 fully saturated rings. The van der Waals surface area contributed by atoms with Gasteiger partial charge in [0.05, 0.1) is 11.0 Å². The third-order valence-electron chi connectivity index (χ3n) is 6.03. The summed E-state index contributed by atoms with van der Waals surface area (Å²) in [6, 6.07) is 31.8. The van der Waals surface area contributed by atoms with Crippen molar-refractivity contribution in [1.82, 2.24) is 4.57 Å². The van der Waals surface area contributed by atoms with Crippen molar-refractivity contribution in [3.05, 3.63) is 115 Å². The SMILES string of the molecule is C#C/C=C\C(=C/C)c1ccc2c(c1)c1cc(-c3ccccc3)ccc1n2-c1ccc(N)cc1. The molecule has 0 bridgehead atoms. The number of rotatable bonds is 4. The van der Waals surface area contributed by atoms with Crippen LogP contribution in [-0.4, -0.2) is 4.57 Å². The van der Waals surface area contributed by atoms with E-state index in [9.17, 15) is 0 Å². The third-order valence-corrected chi connectivity index (χ3v) is 6.03. The van der Waals surface area contributed by atoms with Gasteiger partial charge in [0.25, 0.3) is 0 Å². The molecule has 0 atom stereocenters. The number of anilines is 1. The average Bonchev–Trinajstić information content (AvgIpc) is 3.19. The van der Waals surface area contributed by atoms with Gasteiger partial charge in [-0.05, 0) is 89.9 Å². The first-order valence-electron chi connectivity index (χ1n) is 11.0. The maximum atomic E-state index is 5.96. The van der Waals surface area contributed by atoms with Crippen LogP contribution in [0.5, 0.6) is 0 Å². The number of nitrogens with zero attached hydrogens (tertiary/aromatic N) is 1. The van der Waals surface area contributed by atoms with Gasteiger partial charge in [-0.25, -0.2) is 0 Å². The summed E-state index contributed by atoms with van der Waals surface area (Å²) >= 11 is 0. The van der Waals surface area contributed by atoms with E-state index in [1.165, 1.54) is 21.9 Å². The highest BCUT2D eigenvalue weighted by Crippen LogP contribution is 2.36. The topological polar surface area (TPSA) is 30.9 Å². The Balaban J connectivity index is 1.81. The van der Waals surface area contributed by atoms with Gasteiger partial charge in [-0.3, -0.25) is 0 Å². The van der Waals surface area contributed by atoms with Crippen molar-refractivity contribution < 1.29 is 0 Å². The van der Waals surface area contributed by atoms with E-state index in [0.29, 0.717) is 0 Å². The second-order valence-corrected chi connectivity index (χ2v) is 8.00. The first-order valence-corrected chi connectivity index (χ1v) is 11.0. The zero-order valence-electron chi connectivity index (χ0n) is 18.5. The quantitative estimate of drug-likeness (QED) is 0.179. The zero-order valence-corrected chi connectivity index (χ0v) is 18.5. The molecule has 0 spiro atoms. The Bertz CT molecular complexity index is 1560. The van der Waals surface area contributed by atoms with Crippen LogP contribution in [0.1, 0.15) is 12.5 Å². The van der Waals surface area contributed by atoms with Gasteiger partial charge in [-0.15, -0.1) is 6.42 Å². The largest absolute Gasteiger partial charge is 0.399 e. The molecule has 5 aromatic rings. The van der Waals surface area contributed by atoms with Crippen molar-refractivity contribution in [3.63, 3.8) is 0 Å². The minimum absolute atomic E-state index is 0.756. The Morgan fingerprint density at radius 1 is 0.818 bits per heavy atom. The van der Waals surface area contributed by atoms with Crippen molar-refractivity contribution >= 4 is 33.1 Å². The molecular formula is C31H24N2. The van der Waals surface area contributed by atoms with Gasteiger partial charge in [-0.1, -0.05) is 54.5 Å². The summed E-state index contributed by atoms with van der Waals surface area (Å²) in [6.07, 6.45) is 11.3. The number of hydrogen-bond acceptors (Lipinski definition) is 1. The number of allylic oxidation sites excluding steroid dienone is 4. The molecule has 0 saturated heterocycles. The second-order valence-electron chi connectivity index (χ2n) is 8.00. The molecule has 1 aromatic heterocycles. The predicted molar refractivity (Wildman–Crippen MR) is 142 cm³/mol. The van der Waals surface area contributed by atoms with E-state index < -0.39 is 0 Å². The summed E-state index contributed by atoms with van der Waals surface area (Å²) in [4.78, 5) is 0. The van der Waals surface area contributed by atoms with E-state index in [1.54, 1.807) is 6.08 Å². The van der Waals surface area contributed by atoms with Crippen LogP contribution in [0.2, 0.25) is 0 Å². The highest BCUT2D eigenvalue weighted by molar-refractivity contribution is 6.11. The Morgan fingerprint density at radius 2 is 1.52 bits per heavy atom. The molecule has 0 aliphatic heterocycles. The normalized spacial score (nSPS) is 11.9. The molecule has 2 nitrogen and oxygen atoms in total. The van der Waals surface area contributed by atoms with Gasteiger partial charge >= 0.3 is 0 Å². The Morgan fingerprint density at radius 3 is 2.21 bits per heavy atom. The first kappa shape index (κ1) is 20.4. The number of hydrogen-bond donors (Lipinski definition) is 1. The van der Waals surface area contributed by atoms with Gasteiger partial charge in [0, 0.05) is 22.1 Å². The van der Waals surface area contributed by atoms with Crippen molar-refractivity contribution in [2.45, 2.75) is 6.92 Å². The molecule has 0 saturated carbocycles. The van der Waals surface area contributed by atoms with Crippen LogP contribution in [0.4, 0.5) is 5.69 Å². The maximum absolute atomic E-state index is 5.96. The molecule has 0 aliphatic rings. The van der Waals surface area contributed by atoms with Gasteiger partial charge in [-0.2, -0.15) is 0 Å². The lowest BCUT2D eigenvalue weighted by atomic mass is 10.00. The van der Waals surface area contributed by atoms with Gasteiger partial charge in [0.15, 0.2) is 0 Å². The lowest BCUT2D eigenvalue weighted by Crippen LogP contribution is -1.94. The van der Waals surface area contributed by atoms with Crippen LogP contribution in [0.3, 0.4) is 0 Å². The van der Waals surface area contributed by atoms with Gasteiger partial charge < -0.3 is 10.3 Å². The molecule has 5 rings (SSSR count). The van der Waals surface area contributed by atoms with Crippen LogP contribution in [0, 0.1) is 12.3 Å².